The van der Waals surface area contributed by atoms with Crippen LogP contribution in [0.4, 0.5) is 0 Å². The Morgan fingerprint density at radius 1 is 1.33 bits per heavy atom. The maximum absolute atomic E-state index is 11.1. The van der Waals surface area contributed by atoms with Gasteiger partial charge in [0.15, 0.2) is 5.78 Å². The summed E-state index contributed by atoms with van der Waals surface area (Å²) in [6, 6.07) is 0. The van der Waals surface area contributed by atoms with E-state index in [4.69, 9.17) is 0 Å². The van der Waals surface area contributed by atoms with E-state index in [2.05, 4.69) is 9.91 Å². The molecule has 84 valence electrons. The quantitative estimate of drug-likeness (QED) is 0.266. The molecule has 0 fully saturated rings. The highest BCUT2D eigenvalue weighted by molar-refractivity contribution is 5.91. The molecule has 0 amide bonds. The summed E-state index contributed by atoms with van der Waals surface area (Å²) in [4.78, 5) is 31.5. The first-order valence-corrected chi connectivity index (χ1v) is 4.76. The zero-order chi connectivity index (χ0) is 11.5. The van der Waals surface area contributed by atoms with Crippen LogP contribution in [0.5, 0.6) is 0 Å². The molecule has 0 aliphatic carbocycles. The Kier molecular flexibility index (Phi) is 8.13. The summed E-state index contributed by atoms with van der Waals surface area (Å²) >= 11 is 0. The van der Waals surface area contributed by atoms with Crippen LogP contribution in [0.15, 0.2) is 17.3 Å². The van der Waals surface area contributed by atoms with E-state index in [0.717, 1.165) is 0 Å². The van der Waals surface area contributed by atoms with Crippen molar-refractivity contribution in [2.45, 2.75) is 25.7 Å². The number of carbonyl (C=O) groups excluding carboxylic acids is 2. The predicted octanol–water partition coefficient (Wildman–Crippen LogP) is 1.61. The van der Waals surface area contributed by atoms with Gasteiger partial charge in [-0.25, -0.2) is 0 Å². The number of nitrogens with zero attached hydrogens (tertiary/aromatic N) is 1. The molecule has 5 nitrogen and oxygen atoms in total. The molecule has 0 saturated heterocycles. The molecular weight excluding hydrogens is 198 g/mol. The number of hydrogen-bond acceptors (Lipinski definition) is 5. The molecule has 0 N–H and O–H groups in total. The zero-order valence-corrected chi connectivity index (χ0v) is 8.77. The maximum atomic E-state index is 11.1. The SMILES string of the molecule is COC(=O)CCC(=O)/C=C/CCCN=O. The van der Waals surface area contributed by atoms with Crippen molar-refractivity contribution in [1.29, 1.82) is 0 Å². The van der Waals surface area contributed by atoms with E-state index in [9.17, 15) is 14.5 Å². The van der Waals surface area contributed by atoms with Crippen LogP contribution in [0, 0.1) is 4.91 Å². The maximum Gasteiger partial charge on any atom is 0.305 e. The number of unbranched alkanes of at least 4 members (excludes halogenated alkanes) is 1. The number of methoxy groups -OCH3 is 1. The Balaban J connectivity index is 3.55. The highest BCUT2D eigenvalue weighted by atomic mass is 16.5. The second kappa shape index (κ2) is 9.05. The fraction of sp³-hybridized carbons (Fsp3) is 0.600. The molecule has 0 aromatic heterocycles. The summed E-state index contributed by atoms with van der Waals surface area (Å²) in [6.07, 6.45) is 4.67. The minimum atomic E-state index is -0.387. The topological polar surface area (TPSA) is 72.8 Å². The number of ether oxygens (including phenoxy) is 1. The van der Waals surface area contributed by atoms with Gasteiger partial charge in [-0.2, -0.15) is 4.91 Å². The largest absolute Gasteiger partial charge is 0.469 e. The number of allylic oxidation sites excluding steroid dienone is 2. The fourth-order valence-corrected chi connectivity index (χ4v) is 0.899. The van der Waals surface area contributed by atoms with E-state index >= 15 is 0 Å². The normalized spacial score (nSPS) is 10.2. The molecule has 0 aromatic carbocycles. The van der Waals surface area contributed by atoms with Gasteiger partial charge >= 0.3 is 5.97 Å². The number of esters is 1. The minimum absolute atomic E-state index is 0.107. The molecule has 0 spiro atoms. The van der Waals surface area contributed by atoms with Gasteiger partial charge in [-0.3, -0.25) is 9.59 Å². The average molecular weight is 213 g/mol. The molecular formula is C10H15NO4. The number of rotatable bonds is 8. The van der Waals surface area contributed by atoms with Gasteiger partial charge in [0.2, 0.25) is 0 Å². The molecule has 0 heterocycles. The first-order valence-electron chi connectivity index (χ1n) is 4.76. The van der Waals surface area contributed by atoms with Gasteiger partial charge in [-0.15, -0.1) is 0 Å². The predicted molar refractivity (Wildman–Crippen MR) is 55.3 cm³/mol. The zero-order valence-electron chi connectivity index (χ0n) is 8.77. The molecule has 0 bridgehead atoms. The smallest absolute Gasteiger partial charge is 0.305 e. The standard InChI is InChI=1S/C10H15NO4/c1-15-10(13)7-6-9(12)5-3-2-4-8-11-14/h3,5H,2,4,6-8H2,1H3/b5-3+. The Morgan fingerprint density at radius 2 is 2.07 bits per heavy atom. The third-order valence-electron chi connectivity index (χ3n) is 1.73. The Morgan fingerprint density at radius 3 is 2.67 bits per heavy atom. The Hall–Kier alpha value is -1.52. The molecule has 5 heteroatoms. The molecule has 0 aromatic rings. The van der Waals surface area contributed by atoms with Crippen molar-refractivity contribution in [3.05, 3.63) is 17.1 Å². The van der Waals surface area contributed by atoms with Gasteiger partial charge in [0.25, 0.3) is 0 Å². The number of carbonyl (C=O) groups is 2. The average Bonchev–Trinajstić information content (AvgIpc) is 2.25. The van der Waals surface area contributed by atoms with Crippen molar-refractivity contribution >= 4 is 11.8 Å². The van der Waals surface area contributed by atoms with Crippen molar-refractivity contribution in [1.82, 2.24) is 0 Å². The van der Waals surface area contributed by atoms with Crippen LogP contribution >= 0.6 is 0 Å². The van der Waals surface area contributed by atoms with Crippen LogP contribution in [0.25, 0.3) is 0 Å². The summed E-state index contributed by atoms with van der Waals surface area (Å²) < 4.78 is 4.40. The highest BCUT2D eigenvalue weighted by Gasteiger charge is 2.03. The molecule has 0 radical (unpaired) electrons. The van der Waals surface area contributed by atoms with E-state index in [-0.39, 0.29) is 31.1 Å². The summed E-state index contributed by atoms with van der Waals surface area (Å²) in [5.41, 5.74) is 0. The van der Waals surface area contributed by atoms with Gasteiger partial charge in [-0.1, -0.05) is 11.3 Å². The molecule has 0 unspecified atom stereocenters. The van der Waals surface area contributed by atoms with Crippen molar-refractivity contribution in [2.75, 3.05) is 13.7 Å². The lowest BCUT2D eigenvalue weighted by Gasteiger charge is -1.95. The Bertz CT molecular complexity index is 248. The number of ketones is 1. The van der Waals surface area contributed by atoms with E-state index in [1.807, 2.05) is 0 Å². The van der Waals surface area contributed by atoms with Crippen LogP contribution in [-0.4, -0.2) is 25.4 Å². The van der Waals surface area contributed by atoms with Crippen molar-refractivity contribution < 1.29 is 14.3 Å². The molecule has 0 aliphatic rings. The van der Waals surface area contributed by atoms with Crippen LogP contribution in [-0.2, 0) is 14.3 Å². The monoisotopic (exact) mass is 213 g/mol. The van der Waals surface area contributed by atoms with Crippen LogP contribution in [0.3, 0.4) is 0 Å². The molecule has 0 rings (SSSR count). The third-order valence-corrected chi connectivity index (χ3v) is 1.73. The summed E-state index contributed by atoms with van der Waals surface area (Å²) in [7, 11) is 1.29. The molecule has 0 atom stereocenters. The summed E-state index contributed by atoms with van der Waals surface area (Å²) in [6.45, 7) is 0.265. The van der Waals surface area contributed by atoms with E-state index in [1.54, 1.807) is 6.08 Å². The van der Waals surface area contributed by atoms with Gasteiger partial charge in [-0.05, 0) is 18.9 Å². The fourth-order valence-electron chi connectivity index (χ4n) is 0.899. The van der Waals surface area contributed by atoms with Gasteiger partial charge < -0.3 is 4.74 Å². The van der Waals surface area contributed by atoms with E-state index in [0.29, 0.717) is 12.8 Å². The first-order chi connectivity index (χ1) is 7.20. The van der Waals surface area contributed by atoms with Crippen LogP contribution in [0.2, 0.25) is 0 Å². The third kappa shape index (κ3) is 8.80. The Labute approximate surface area is 88.5 Å². The first kappa shape index (κ1) is 13.5. The van der Waals surface area contributed by atoms with Gasteiger partial charge in [0.1, 0.15) is 0 Å². The lowest BCUT2D eigenvalue weighted by molar-refractivity contribution is -0.141. The summed E-state index contributed by atoms with van der Waals surface area (Å²) in [5, 5.41) is 2.69. The van der Waals surface area contributed by atoms with Crippen molar-refractivity contribution in [3.63, 3.8) is 0 Å². The highest BCUT2D eigenvalue weighted by Crippen LogP contribution is 1.97. The van der Waals surface area contributed by atoms with Gasteiger partial charge in [0, 0.05) is 6.42 Å². The van der Waals surface area contributed by atoms with E-state index in [1.165, 1.54) is 13.2 Å². The molecule has 15 heavy (non-hydrogen) atoms. The minimum Gasteiger partial charge on any atom is -0.469 e. The summed E-state index contributed by atoms with van der Waals surface area (Å²) in [5.74, 6) is -0.499. The molecule has 0 saturated carbocycles. The lowest BCUT2D eigenvalue weighted by Crippen LogP contribution is -2.03. The molecule has 0 aliphatic heterocycles. The van der Waals surface area contributed by atoms with Crippen LogP contribution in [0.1, 0.15) is 25.7 Å². The number of nitroso groups, excluding NO2 is 1. The van der Waals surface area contributed by atoms with Crippen molar-refractivity contribution in [3.8, 4) is 0 Å². The lowest BCUT2D eigenvalue weighted by atomic mass is 10.2. The second-order valence-electron chi connectivity index (χ2n) is 2.94. The van der Waals surface area contributed by atoms with Crippen LogP contribution < -0.4 is 0 Å². The van der Waals surface area contributed by atoms with E-state index < -0.39 is 0 Å². The number of hydrogen-bond donors (Lipinski definition) is 0. The van der Waals surface area contributed by atoms with Gasteiger partial charge in [0.05, 0.1) is 20.1 Å². The second-order valence-corrected chi connectivity index (χ2v) is 2.94. The van der Waals surface area contributed by atoms with Crippen molar-refractivity contribution in [2.24, 2.45) is 5.18 Å².